The van der Waals surface area contributed by atoms with E-state index in [2.05, 4.69) is 12.2 Å². The fraction of sp³-hybridized carbons (Fsp3) is 1.00. The summed E-state index contributed by atoms with van der Waals surface area (Å²) in [6.45, 7) is 6.87. The predicted octanol–water partition coefficient (Wildman–Crippen LogP) is 2.49. The van der Waals surface area contributed by atoms with Gasteiger partial charge in [-0.15, -0.1) is 0 Å². The molecule has 0 radical (unpaired) electrons. The largest absolute Gasteiger partial charge is 0.377 e. The van der Waals surface area contributed by atoms with Crippen molar-refractivity contribution < 1.29 is 9.47 Å². The molecule has 3 nitrogen and oxygen atoms in total. The van der Waals surface area contributed by atoms with Crippen molar-refractivity contribution in [2.24, 2.45) is 0 Å². The molecule has 100 valence electrons. The molecular formula is C14H27NO2. The van der Waals surface area contributed by atoms with E-state index in [4.69, 9.17) is 9.47 Å². The van der Waals surface area contributed by atoms with Crippen LogP contribution >= 0.6 is 0 Å². The molecule has 0 aromatic heterocycles. The van der Waals surface area contributed by atoms with Gasteiger partial charge in [-0.3, -0.25) is 0 Å². The number of nitrogens with one attached hydrogen (secondary N) is 1. The third kappa shape index (κ3) is 3.67. The van der Waals surface area contributed by atoms with Gasteiger partial charge in [0.25, 0.3) is 0 Å². The lowest BCUT2D eigenvalue weighted by atomic mass is 9.98. The van der Waals surface area contributed by atoms with Crippen LogP contribution in [0.1, 0.15) is 52.4 Å². The highest BCUT2D eigenvalue weighted by molar-refractivity contribution is 4.93. The molecule has 1 saturated heterocycles. The van der Waals surface area contributed by atoms with Crippen molar-refractivity contribution in [1.29, 1.82) is 0 Å². The molecule has 1 N–H and O–H groups in total. The van der Waals surface area contributed by atoms with Gasteiger partial charge in [0.05, 0.1) is 17.8 Å². The first-order chi connectivity index (χ1) is 8.24. The lowest BCUT2D eigenvalue weighted by Crippen LogP contribution is -2.35. The lowest BCUT2D eigenvalue weighted by Gasteiger charge is -2.24. The minimum Gasteiger partial charge on any atom is -0.377 e. The third-order valence-corrected chi connectivity index (χ3v) is 4.11. The van der Waals surface area contributed by atoms with Gasteiger partial charge >= 0.3 is 0 Å². The first-order valence-electron chi connectivity index (χ1n) is 7.24. The Morgan fingerprint density at radius 3 is 2.82 bits per heavy atom. The van der Waals surface area contributed by atoms with Gasteiger partial charge in [0.2, 0.25) is 0 Å². The second-order valence-corrected chi connectivity index (χ2v) is 5.59. The van der Waals surface area contributed by atoms with E-state index in [1.54, 1.807) is 0 Å². The van der Waals surface area contributed by atoms with E-state index in [0.29, 0.717) is 12.2 Å². The van der Waals surface area contributed by atoms with Gasteiger partial charge in [-0.25, -0.2) is 0 Å². The first kappa shape index (κ1) is 13.3. The molecule has 0 amide bonds. The van der Waals surface area contributed by atoms with Crippen molar-refractivity contribution in [1.82, 2.24) is 5.32 Å². The Hall–Kier alpha value is -0.120. The molecule has 1 saturated carbocycles. The summed E-state index contributed by atoms with van der Waals surface area (Å²) < 4.78 is 11.7. The minimum absolute atomic E-state index is 0.276. The average molecular weight is 241 g/mol. The minimum atomic E-state index is 0.276. The van der Waals surface area contributed by atoms with Gasteiger partial charge in [0.15, 0.2) is 0 Å². The van der Waals surface area contributed by atoms with Crippen LogP contribution in [0.25, 0.3) is 0 Å². The normalized spacial score (nSPS) is 28.9. The molecule has 1 aliphatic carbocycles. The van der Waals surface area contributed by atoms with E-state index in [1.807, 2.05) is 6.92 Å². The topological polar surface area (TPSA) is 30.5 Å². The van der Waals surface area contributed by atoms with E-state index in [9.17, 15) is 0 Å². The van der Waals surface area contributed by atoms with E-state index >= 15 is 0 Å². The monoisotopic (exact) mass is 241 g/mol. The summed E-state index contributed by atoms with van der Waals surface area (Å²) in [7, 11) is 0. The summed E-state index contributed by atoms with van der Waals surface area (Å²) >= 11 is 0. The molecule has 2 aliphatic rings. The lowest BCUT2D eigenvalue weighted by molar-refractivity contribution is -0.0361. The van der Waals surface area contributed by atoms with Crippen molar-refractivity contribution >= 4 is 0 Å². The quantitative estimate of drug-likeness (QED) is 0.775. The van der Waals surface area contributed by atoms with Crippen molar-refractivity contribution in [3.8, 4) is 0 Å². The zero-order valence-electron chi connectivity index (χ0n) is 11.3. The molecule has 0 bridgehead atoms. The molecule has 2 atom stereocenters. The van der Waals surface area contributed by atoms with Gasteiger partial charge < -0.3 is 14.8 Å². The molecular weight excluding hydrogens is 214 g/mol. The highest BCUT2D eigenvalue weighted by atomic mass is 16.5. The Labute approximate surface area is 105 Å². The molecule has 2 rings (SSSR count). The number of hydrogen-bond donors (Lipinski definition) is 1. The van der Waals surface area contributed by atoms with Gasteiger partial charge in [-0.1, -0.05) is 12.8 Å². The first-order valence-corrected chi connectivity index (χ1v) is 7.24. The molecule has 1 aliphatic heterocycles. The highest BCUT2D eigenvalue weighted by Crippen LogP contribution is 2.43. The molecule has 3 heteroatoms. The molecule has 2 unspecified atom stereocenters. The van der Waals surface area contributed by atoms with Crippen molar-refractivity contribution in [2.75, 3.05) is 19.7 Å². The Balaban J connectivity index is 1.61. The summed E-state index contributed by atoms with van der Waals surface area (Å²) in [5.41, 5.74) is 0.276. The SMILES string of the molecule is CCOC(C)CNCC1CCC2(CCCC2)O1. The fourth-order valence-electron chi connectivity index (χ4n) is 3.22. The van der Waals surface area contributed by atoms with Crippen LogP contribution < -0.4 is 5.32 Å². The zero-order valence-corrected chi connectivity index (χ0v) is 11.3. The fourth-order valence-corrected chi connectivity index (χ4v) is 3.22. The number of hydrogen-bond acceptors (Lipinski definition) is 3. The molecule has 1 spiro atoms. The zero-order chi connectivity index (χ0) is 12.1. The average Bonchev–Trinajstić information content (AvgIpc) is 2.91. The highest BCUT2D eigenvalue weighted by Gasteiger charge is 2.41. The van der Waals surface area contributed by atoms with Crippen molar-refractivity contribution in [3.63, 3.8) is 0 Å². The Morgan fingerprint density at radius 1 is 1.35 bits per heavy atom. The van der Waals surface area contributed by atoms with E-state index in [1.165, 1.54) is 38.5 Å². The summed E-state index contributed by atoms with van der Waals surface area (Å²) in [5, 5.41) is 3.47. The van der Waals surface area contributed by atoms with Crippen LogP contribution in [0.3, 0.4) is 0 Å². The summed E-state index contributed by atoms with van der Waals surface area (Å²) in [4.78, 5) is 0. The second-order valence-electron chi connectivity index (χ2n) is 5.59. The van der Waals surface area contributed by atoms with Crippen LogP contribution in [0, 0.1) is 0 Å². The molecule has 0 aromatic rings. The van der Waals surface area contributed by atoms with Gasteiger partial charge in [0.1, 0.15) is 0 Å². The van der Waals surface area contributed by atoms with Gasteiger partial charge in [0, 0.05) is 19.7 Å². The Bertz CT molecular complexity index is 226. The maximum atomic E-state index is 6.25. The Morgan fingerprint density at radius 2 is 2.12 bits per heavy atom. The van der Waals surface area contributed by atoms with Crippen LogP contribution in [0.15, 0.2) is 0 Å². The third-order valence-electron chi connectivity index (χ3n) is 4.11. The Kier molecular flexibility index (Phi) is 4.83. The van der Waals surface area contributed by atoms with E-state index in [-0.39, 0.29) is 5.60 Å². The van der Waals surface area contributed by atoms with Gasteiger partial charge in [-0.2, -0.15) is 0 Å². The maximum absolute atomic E-state index is 6.25. The standard InChI is InChI=1S/C14H27NO2/c1-3-16-12(2)10-15-11-13-6-9-14(17-13)7-4-5-8-14/h12-13,15H,3-11H2,1-2H3. The molecule has 2 fully saturated rings. The molecule has 17 heavy (non-hydrogen) atoms. The van der Waals surface area contributed by atoms with Crippen LogP contribution in [0.2, 0.25) is 0 Å². The van der Waals surface area contributed by atoms with Crippen LogP contribution in [0.5, 0.6) is 0 Å². The van der Waals surface area contributed by atoms with E-state index < -0.39 is 0 Å². The summed E-state index contributed by atoms with van der Waals surface area (Å²) in [6.07, 6.45) is 8.56. The molecule has 0 aromatic carbocycles. The second kappa shape index (κ2) is 6.17. The van der Waals surface area contributed by atoms with Crippen LogP contribution in [-0.2, 0) is 9.47 Å². The van der Waals surface area contributed by atoms with Crippen LogP contribution in [-0.4, -0.2) is 37.5 Å². The summed E-state index contributed by atoms with van der Waals surface area (Å²) in [5.74, 6) is 0. The summed E-state index contributed by atoms with van der Waals surface area (Å²) in [6, 6.07) is 0. The number of rotatable bonds is 6. The smallest absolute Gasteiger partial charge is 0.0708 e. The van der Waals surface area contributed by atoms with Crippen LogP contribution in [0.4, 0.5) is 0 Å². The predicted molar refractivity (Wildman–Crippen MR) is 69.3 cm³/mol. The van der Waals surface area contributed by atoms with Crippen molar-refractivity contribution in [2.45, 2.75) is 70.2 Å². The van der Waals surface area contributed by atoms with Gasteiger partial charge in [-0.05, 0) is 39.5 Å². The number of ether oxygens (including phenoxy) is 2. The van der Waals surface area contributed by atoms with Crippen molar-refractivity contribution in [3.05, 3.63) is 0 Å². The molecule has 1 heterocycles. The van der Waals surface area contributed by atoms with E-state index in [0.717, 1.165) is 19.7 Å². The maximum Gasteiger partial charge on any atom is 0.0708 e.